The number of rotatable bonds is 2. The van der Waals surface area contributed by atoms with Gasteiger partial charge in [-0.05, 0) is 24.3 Å². The van der Waals surface area contributed by atoms with Gasteiger partial charge in [-0.2, -0.15) is 0 Å². The third-order valence-corrected chi connectivity index (χ3v) is 2.58. The Balaban J connectivity index is 2.18. The van der Waals surface area contributed by atoms with Crippen LogP contribution in [-0.4, -0.2) is 15.0 Å². The van der Waals surface area contributed by atoms with Gasteiger partial charge >= 0.3 is 0 Å². The van der Waals surface area contributed by atoms with Crippen LogP contribution in [0.4, 0.5) is 5.82 Å². The van der Waals surface area contributed by atoms with E-state index in [1.807, 2.05) is 12.1 Å². The van der Waals surface area contributed by atoms with Crippen LogP contribution in [0, 0.1) is 0 Å². The van der Waals surface area contributed by atoms with Gasteiger partial charge < -0.3 is 5.32 Å². The molecule has 0 aromatic carbocycles. The molecule has 1 N–H and O–H groups in total. The lowest BCUT2D eigenvalue weighted by Gasteiger charge is -2.07. The number of thiocarbonyl (C=S) groups is 1. The third-order valence-electron chi connectivity index (χ3n) is 1.93. The van der Waals surface area contributed by atoms with Crippen molar-refractivity contribution in [1.29, 1.82) is 0 Å². The summed E-state index contributed by atoms with van der Waals surface area (Å²) in [7, 11) is 0. The van der Waals surface area contributed by atoms with E-state index < -0.39 is 0 Å². The van der Waals surface area contributed by atoms with E-state index in [1.165, 1.54) is 0 Å². The summed E-state index contributed by atoms with van der Waals surface area (Å²) < 4.78 is 0. The van der Waals surface area contributed by atoms with E-state index in [0.29, 0.717) is 15.8 Å². The number of hydrogen-bond donors (Lipinski definition) is 1. The Morgan fingerprint density at radius 3 is 2.62 bits per heavy atom. The zero-order chi connectivity index (χ0) is 11.4. The Hall–Kier alpha value is -1.52. The molecule has 0 unspecified atom stereocenters. The lowest BCUT2D eigenvalue weighted by Crippen LogP contribution is -2.11. The molecule has 2 rings (SSSR count). The van der Waals surface area contributed by atoms with Gasteiger partial charge in [-0.25, -0.2) is 4.98 Å². The number of nitrogens with zero attached hydrogens (tertiary/aromatic N) is 2. The second kappa shape index (κ2) is 5.01. The van der Waals surface area contributed by atoms with Crippen molar-refractivity contribution in [2.24, 2.45) is 0 Å². The topological polar surface area (TPSA) is 37.8 Å². The molecule has 3 nitrogen and oxygen atoms in total. The number of anilines is 1. The zero-order valence-corrected chi connectivity index (χ0v) is 9.79. The largest absolute Gasteiger partial charge is 0.330 e. The van der Waals surface area contributed by atoms with Crippen molar-refractivity contribution in [2.45, 2.75) is 0 Å². The summed E-state index contributed by atoms with van der Waals surface area (Å²) in [5.74, 6) is 0.561. The van der Waals surface area contributed by atoms with E-state index in [0.717, 1.165) is 5.56 Å². The van der Waals surface area contributed by atoms with Gasteiger partial charge in [0, 0.05) is 24.2 Å². The van der Waals surface area contributed by atoms with E-state index in [4.69, 9.17) is 23.8 Å². The van der Waals surface area contributed by atoms with Crippen LogP contribution in [0.5, 0.6) is 0 Å². The molecule has 16 heavy (non-hydrogen) atoms. The number of hydrogen-bond acceptors (Lipinski definition) is 3. The first-order valence-corrected chi connectivity index (χ1v) is 5.38. The summed E-state index contributed by atoms with van der Waals surface area (Å²) in [6, 6.07) is 7.17. The van der Waals surface area contributed by atoms with Crippen molar-refractivity contribution in [3.63, 3.8) is 0 Å². The highest BCUT2D eigenvalue weighted by atomic mass is 35.5. The van der Waals surface area contributed by atoms with Crippen molar-refractivity contribution < 1.29 is 0 Å². The summed E-state index contributed by atoms with van der Waals surface area (Å²) in [6.07, 6.45) is 5.02. The Bertz CT molecular complexity index is 502. The van der Waals surface area contributed by atoms with Crippen LogP contribution in [0.15, 0.2) is 42.9 Å². The fourth-order valence-corrected chi connectivity index (χ4v) is 1.56. The van der Waals surface area contributed by atoms with Crippen molar-refractivity contribution >= 4 is 34.6 Å². The minimum atomic E-state index is 0.541. The van der Waals surface area contributed by atoms with Crippen LogP contribution in [0.1, 0.15) is 5.56 Å². The third kappa shape index (κ3) is 2.53. The van der Waals surface area contributed by atoms with Crippen LogP contribution >= 0.6 is 23.8 Å². The summed E-state index contributed by atoms with van der Waals surface area (Å²) >= 11 is 11.2. The van der Waals surface area contributed by atoms with Crippen LogP contribution in [-0.2, 0) is 0 Å². The van der Waals surface area contributed by atoms with Crippen LogP contribution in [0.2, 0.25) is 5.02 Å². The Kier molecular flexibility index (Phi) is 3.44. The van der Waals surface area contributed by atoms with Crippen molar-refractivity contribution in [3.8, 4) is 0 Å². The molecule has 80 valence electrons. The molecule has 0 amide bonds. The predicted octanol–water partition coefficient (Wildman–Crippen LogP) is 2.92. The number of nitrogens with one attached hydrogen (secondary N) is 1. The fraction of sp³-hybridized carbons (Fsp3) is 0. The van der Waals surface area contributed by atoms with Gasteiger partial charge in [0.25, 0.3) is 0 Å². The van der Waals surface area contributed by atoms with E-state index in [-0.39, 0.29) is 0 Å². The maximum absolute atomic E-state index is 5.96. The van der Waals surface area contributed by atoms with Gasteiger partial charge in [0.05, 0.1) is 5.02 Å². The van der Waals surface area contributed by atoms with E-state index >= 15 is 0 Å². The maximum Gasteiger partial charge on any atom is 0.149 e. The highest BCUT2D eigenvalue weighted by molar-refractivity contribution is 7.81. The smallest absolute Gasteiger partial charge is 0.149 e. The fourth-order valence-electron chi connectivity index (χ4n) is 1.16. The molecule has 2 heterocycles. The molecule has 0 aliphatic carbocycles. The molecule has 0 bridgehead atoms. The standard InChI is InChI=1S/C11H8ClN3S/c12-9-2-1-5-14-10(9)15-11(16)8-3-6-13-7-4-8/h1-7H,(H,14,15,16). The molecular formula is C11H8ClN3S. The van der Waals surface area contributed by atoms with Gasteiger partial charge in [0.15, 0.2) is 0 Å². The molecule has 0 radical (unpaired) electrons. The second-order valence-electron chi connectivity index (χ2n) is 3.02. The molecule has 2 aromatic heterocycles. The van der Waals surface area contributed by atoms with Gasteiger partial charge in [-0.15, -0.1) is 0 Å². The van der Waals surface area contributed by atoms with Crippen molar-refractivity contribution in [3.05, 3.63) is 53.4 Å². The highest BCUT2D eigenvalue weighted by Crippen LogP contribution is 2.18. The first kappa shape index (κ1) is 11.0. The predicted molar refractivity (Wildman–Crippen MR) is 68.8 cm³/mol. The molecule has 0 fully saturated rings. The lowest BCUT2D eigenvalue weighted by molar-refractivity contribution is 1.31. The van der Waals surface area contributed by atoms with E-state index in [9.17, 15) is 0 Å². The lowest BCUT2D eigenvalue weighted by atomic mass is 10.2. The minimum absolute atomic E-state index is 0.541. The molecule has 2 aromatic rings. The quantitative estimate of drug-likeness (QED) is 0.831. The first-order valence-electron chi connectivity index (χ1n) is 4.59. The average molecular weight is 250 g/mol. The van der Waals surface area contributed by atoms with Gasteiger partial charge in [-0.3, -0.25) is 4.98 Å². The second-order valence-corrected chi connectivity index (χ2v) is 3.84. The van der Waals surface area contributed by atoms with Crippen LogP contribution in [0.25, 0.3) is 0 Å². The Morgan fingerprint density at radius 2 is 1.94 bits per heavy atom. The molecule has 0 aliphatic heterocycles. The summed E-state index contributed by atoms with van der Waals surface area (Å²) in [6.45, 7) is 0. The molecule has 5 heteroatoms. The molecule has 0 saturated heterocycles. The molecular weight excluding hydrogens is 242 g/mol. The summed E-state index contributed by atoms with van der Waals surface area (Å²) in [5.41, 5.74) is 0.881. The van der Waals surface area contributed by atoms with E-state index in [2.05, 4.69) is 15.3 Å². The number of aromatic nitrogens is 2. The van der Waals surface area contributed by atoms with Crippen LogP contribution in [0.3, 0.4) is 0 Å². The van der Waals surface area contributed by atoms with E-state index in [1.54, 1.807) is 30.7 Å². The zero-order valence-electron chi connectivity index (χ0n) is 8.22. The Labute approximate surface area is 104 Å². The molecule has 0 spiro atoms. The minimum Gasteiger partial charge on any atom is -0.330 e. The first-order chi connectivity index (χ1) is 7.77. The van der Waals surface area contributed by atoms with Crippen molar-refractivity contribution in [1.82, 2.24) is 9.97 Å². The molecule has 0 aliphatic rings. The average Bonchev–Trinajstić information content (AvgIpc) is 2.33. The number of halogens is 1. The molecule has 0 atom stereocenters. The summed E-state index contributed by atoms with van der Waals surface area (Å²) in [5, 5.41) is 3.53. The highest BCUT2D eigenvalue weighted by Gasteiger charge is 2.04. The van der Waals surface area contributed by atoms with Crippen molar-refractivity contribution in [2.75, 3.05) is 5.32 Å². The summed E-state index contributed by atoms with van der Waals surface area (Å²) in [4.78, 5) is 8.59. The molecule has 0 saturated carbocycles. The maximum atomic E-state index is 5.96. The van der Waals surface area contributed by atoms with Gasteiger partial charge in [0.1, 0.15) is 10.8 Å². The number of pyridine rings is 2. The SMILES string of the molecule is S=C(Nc1ncccc1Cl)c1ccncc1. The monoisotopic (exact) mass is 249 g/mol. The Morgan fingerprint density at radius 1 is 1.19 bits per heavy atom. The van der Waals surface area contributed by atoms with Crippen LogP contribution < -0.4 is 5.32 Å². The van der Waals surface area contributed by atoms with Gasteiger partial charge in [0.2, 0.25) is 0 Å². The normalized spacial score (nSPS) is 9.81. The van der Waals surface area contributed by atoms with Gasteiger partial charge in [-0.1, -0.05) is 23.8 Å².